The van der Waals surface area contributed by atoms with E-state index in [0.717, 1.165) is 17.0 Å². The molecule has 2 saturated heterocycles. The van der Waals surface area contributed by atoms with Crippen molar-refractivity contribution in [2.24, 2.45) is 0 Å². The number of nitrogens with zero attached hydrogens (tertiary/aromatic N) is 3. The van der Waals surface area contributed by atoms with Gasteiger partial charge < -0.3 is 9.47 Å². The third kappa shape index (κ3) is 3.44. The molecule has 0 aliphatic carbocycles. The number of ketones is 1. The van der Waals surface area contributed by atoms with Crippen LogP contribution in [0.5, 0.6) is 0 Å². The number of hydrogen-bond acceptors (Lipinski definition) is 5. The summed E-state index contributed by atoms with van der Waals surface area (Å²) >= 11 is 11.9. The normalized spacial score (nSPS) is 23.5. The van der Waals surface area contributed by atoms with Crippen molar-refractivity contribution in [2.45, 2.75) is 31.4 Å². The molecular weight excluding hydrogens is 410 g/mol. The maximum atomic E-state index is 12.3. The molecule has 2 aromatic carbocycles. The van der Waals surface area contributed by atoms with E-state index >= 15 is 0 Å². The van der Waals surface area contributed by atoms with Crippen LogP contribution in [-0.4, -0.2) is 39.1 Å². The first kappa shape index (κ1) is 18.7. The number of aromatic nitrogens is 3. The summed E-state index contributed by atoms with van der Waals surface area (Å²) < 4.78 is 15.4. The van der Waals surface area contributed by atoms with Crippen LogP contribution in [0.3, 0.4) is 0 Å². The predicted octanol–water partition coefficient (Wildman–Crippen LogP) is 4.04. The van der Waals surface area contributed by atoms with Crippen LogP contribution in [0.15, 0.2) is 54.6 Å². The maximum Gasteiger partial charge on any atom is 0.218 e. The Hall–Kier alpha value is -2.32. The summed E-state index contributed by atoms with van der Waals surface area (Å²) in [4.78, 5) is 12.3. The van der Waals surface area contributed by atoms with Gasteiger partial charge in [-0.2, -0.15) is 5.10 Å². The standard InChI is InChI=1S/C21H18ClN3O3S/c22-15-8-6-14(7-9-15)19-23-25(16-10-17(26)20-27-12-18(16)28-20)21(29)24(19)11-13-4-2-1-3-5-13/h1-9,16,18,20H,10-12H2/t16-,18-,20+/m0/s1. The number of benzene rings is 2. The van der Waals surface area contributed by atoms with Crippen LogP contribution in [0.4, 0.5) is 0 Å². The summed E-state index contributed by atoms with van der Waals surface area (Å²) in [5.74, 6) is 0.653. The van der Waals surface area contributed by atoms with Gasteiger partial charge >= 0.3 is 0 Å². The van der Waals surface area contributed by atoms with Crippen molar-refractivity contribution in [3.05, 3.63) is 70.0 Å². The molecule has 3 atom stereocenters. The Labute approximate surface area is 177 Å². The second-order valence-electron chi connectivity index (χ2n) is 7.21. The van der Waals surface area contributed by atoms with E-state index < -0.39 is 6.29 Å². The van der Waals surface area contributed by atoms with Crippen molar-refractivity contribution in [3.63, 3.8) is 0 Å². The number of carbonyl (C=O) groups excluding carboxylic acids is 1. The molecule has 3 heterocycles. The molecule has 6 nitrogen and oxygen atoms in total. The molecule has 2 bridgehead atoms. The number of carbonyl (C=O) groups is 1. The summed E-state index contributed by atoms with van der Waals surface area (Å²) in [5, 5.41) is 5.48. The third-order valence-electron chi connectivity index (χ3n) is 5.30. The van der Waals surface area contributed by atoms with Gasteiger partial charge in [0.15, 0.2) is 16.4 Å². The van der Waals surface area contributed by atoms with Crippen LogP contribution < -0.4 is 0 Å². The van der Waals surface area contributed by atoms with Crippen molar-refractivity contribution in [3.8, 4) is 11.4 Å². The van der Waals surface area contributed by atoms with Gasteiger partial charge in [0.25, 0.3) is 0 Å². The van der Waals surface area contributed by atoms with Crippen LogP contribution in [0.2, 0.25) is 5.02 Å². The number of halogens is 1. The van der Waals surface area contributed by atoms with Gasteiger partial charge in [0.05, 0.1) is 19.2 Å². The van der Waals surface area contributed by atoms with Gasteiger partial charge in [0.1, 0.15) is 6.10 Å². The monoisotopic (exact) mass is 427 g/mol. The van der Waals surface area contributed by atoms with Crippen LogP contribution >= 0.6 is 23.8 Å². The highest BCUT2D eigenvalue weighted by molar-refractivity contribution is 7.71. The van der Waals surface area contributed by atoms with Crippen molar-refractivity contribution < 1.29 is 14.3 Å². The Morgan fingerprint density at radius 2 is 1.90 bits per heavy atom. The molecule has 1 aromatic heterocycles. The predicted molar refractivity (Wildman–Crippen MR) is 110 cm³/mol. The van der Waals surface area contributed by atoms with Gasteiger partial charge in [-0.05, 0) is 42.0 Å². The van der Waals surface area contributed by atoms with E-state index in [1.54, 1.807) is 4.68 Å². The topological polar surface area (TPSA) is 58.3 Å². The minimum atomic E-state index is -0.743. The zero-order chi connectivity index (χ0) is 20.0. The molecule has 2 fully saturated rings. The summed E-state index contributed by atoms with van der Waals surface area (Å²) in [6, 6.07) is 17.3. The molecule has 0 N–H and O–H groups in total. The lowest BCUT2D eigenvalue weighted by Gasteiger charge is -2.26. The van der Waals surface area contributed by atoms with Crippen molar-refractivity contribution in [1.29, 1.82) is 0 Å². The second kappa shape index (κ2) is 7.50. The lowest BCUT2D eigenvalue weighted by molar-refractivity contribution is -0.156. The van der Waals surface area contributed by atoms with E-state index in [-0.39, 0.29) is 17.9 Å². The first-order valence-electron chi connectivity index (χ1n) is 9.39. The van der Waals surface area contributed by atoms with Crippen molar-refractivity contribution in [2.75, 3.05) is 6.61 Å². The van der Waals surface area contributed by atoms with Gasteiger partial charge in [0.2, 0.25) is 6.29 Å². The fourth-order valence-corrected chi connectivity index (χ4v) is 4.27. The average Bonchev–Trinajstić information content (AvgIpc) is 3.30. The molecule has 3 aromatic rings. The first-order chi connectivity index (χ1) is 14.1. The van der Waals surface area contributed by atoms with Gasteiger partial charge in [-0.3, -0.25) is 9.36 Å². The van der Waals surface area contributed by atoms with Gasteiger partial charge in [-0.15, -0.1) is 0 Å². The zero-order valence-corrected chi connectivity index (χ0v) is 17.0. The van der Waals surface area contributed by atoms with Crippen LogP contribution in [-0.2, 0) is 20.8 Å². The van der Waals surface area contributed by atoms with Gasteiger partial charge in [-0.25, -0.2) is 4.68 Å². The molecule has 2 aliphatic heterocycles. The highest BCUT2D eigenvalue weighted by Gasteiger charge is 2.45. The van der Waals surface area contributed by atoms with Crippen LogP contribution in [0, 0.1) is 4.77 Å². The number of fused-ring (bicyclic) bond motifs is 2. The Morgan fingerprint density at radius 1 is 1.14 bits per heavy atom. The number of hydrogen-bond donors (Lipinski definition) is 0. The molecule has 0 radical (unpaired) electrons. The Morgan fingerprint density at radius 3 is 2.66 bits per heavy atom. The lowest BCUT2D eigenvalue weighted by atomic mass is 10.0. The minimum Gasteiger partial charge on any atom is -0.343 e. The largest absolute Gasteiger partial charge is 0.343 e. The molecule has 0 amide bonds. The lowest BCUT2D eigenvalue weighted by Crippen LogP contribution is -2.37. The van der Waals surface area contributed by atoms with E-state index in [9.17, 15) is 4.79 Å². The molecule has 8 heteroatoms. The molecule has 0 spiro atoms. The summed E-state index contributed by atoms with van der Waals surface area (Å²) in [7, 11) is 0. The first-order valence-corrected chi connectivity index (χ1v) is 10.2. The fourth-order valence-electron chi connectivity index (χ4n) is 3.82. The second-order valence-corrected chi connectivity index (χ2v) is 8.01. The highest BCUT2D eigenvalue weighted by Crippen LogP contribution is 2.34. The Balaban J connectivity index is 1.61. The zero-order valence-electron chi connectivity index (χ0n) is 15.4. The van der Waals surface area contributed by atoms with Crippen LogP contribution in [0.25, 0.3) is 11.4 Å². The minimum absolute atomic E-state index is 0.0729. The Kier molecular flexibility index (Phi) is 4.83. The summed E-state index contributed by atoms with van der Waals surface area (Å²) in [6.45, 7) is 0.938. The van der Waals surface area contributed by atoms with Gasteiger partial charge in [0, 0.05) is 17.0 Å². The van der Waals surface area contributed by atoms with E-state index in [0.29, 0.717) is 29.4 Å². The molecule has 0 unspecified atom stereocenters. The van der Waals surface area contributed by atoms with E-state index in [4.69, 9.17) is 38.4 Å². The summed E-state index contributed by atoms with van der Waals surface area (Å²) in [6.07, 6.45) is -0.679. The van der Waals surface area contributed by atoms with Gasteiger partial charge in [-0.1, -0.05) is 41.9 Å². The number of rotatable bonds is 4. The maximum absolute atomic E-state index is 12.3. The molecular formula is C21H18ClN3O3S. The third-order valence-corrected chi connectivity index (χ3v) is 5.96. The Bertz CT molecular complexity index is 1110. The van der Waals surface area contributed by atoms with Crippen molar-refractivity contribution in [1.82, 2.24) is 14.3 Å². The molecule has 2 aliphatic rings. The van der Waals surface area contributed by atoms with Crippen LogP contribution in [0.1, 0.15) is 18.0 Å². The van der Waals surface area contributed by atoms with E-state index in [2.05, 4.69) is 0 Å². The molecule has 148 valence electrons. The van der Waals surface area contributed by atoms with E-state index in [1.807, 2.05) is 59.2 Å². The SMILES string of the molecule is O=C1C[C@H](n2nc(-c3ccc(Cl)cc3)n(Cc3ccccc3)c2=S)[C@@H]2CO[C@@H]1O2. The quantitative estimate of drug-likeness (QED) is 0.588. The molecule has 5 rings (SSSR count). The smallest absolute Gasteiger partial charge is 0.218 e. The number of ether oxygens (including phenoxy) is 2. The average molecular weight is 428 g/mol. The van der Waals surface area contributed by atoms with E-state index in [1.165, 1.54) is 0 Å². The number of Topliss-reactive ketones (excluding diaryl/α,β-unsaturated/α-hetero) is 1. The molecule has 29 heavy (non-hydrogen) atoms. The fraction of sp³-hybridized carbons (Fsp3) is 0.286. The van der Waals surface area contributed by atoms with Crippen molar-refractivity contribution >= 4 is 29.6 Å². The molecule has 0 saturated carbocycles. The summed E-state index contributed by atoms with van der Waals surface area (Å²) in [5.41, 5.74) is 2.01. The highest BCUT2D eigenvalue weighted by atomic mass is 35.5.